The highest BCUT2D eigenvalue weighted by Gasteiger charge is 2.19. The van der Waals surface area contributed by atoms with E-state index in [0.29, 0.717) is 6.04 Å². The van der Waals surface area contributed by atoms with E-state index in [1.54, 1.807) is 5.56 Å². The third-order valence-corrected chi connectivity index (χ3v) is 4.42. The molecule has 1 heteroatoms. The van der Waals surface area contributed by atoms with Gasteiger partial charge in [-0.2, -0.15) is 0 Å². The van der Waals surface area contributed by atoms with Gasteiger partial charge in [0, 0.05) is 6.04 Å². The van der Waals surface area contributed by atoms with Crippen LogP contribution in [0.15, 0.2) is 12.1 Å². The molecule has 1 aromatic rings. The zero-order valence-electron chi connectivity index (χ0n) is 13.3. The van der Waals surface area contributed by atoms with Crippen LogP contribution in [0, 0.1) is 13.8 Å². The van der Waals surface area contributed by atoms with Crippen LogP contribution in [0.2, 0.25) is 0 Å². The zero-order valence-corrected chi connectivity index (χ0v) is 13.3. The molecule has 1 aliphatic heterocycles. The van der Waals surface area contributed by atoms with Crippen molar-refractivity contribution < 1.29 is 0 Å². The lowest BCUT2D eigenvalue weighted by Gasteiger charge is -2.27. The quantitative estimate of drug-likeness (QED) is 0.835. The van der Waals surface area contributed by atoms with Crippen LogP contribution in [0.5, 0.6) is 0 Å². The minimum Gasteiger partial charge on any atom is -0.314 e. The number of hydrogen-bond donors (Lipinski definition) is 1. The van der Waals surface area contributed by atoms with Gasteiger partial charge >= 0.3 is 0 Å². The molecule has 0 radical (unpaired) electrons. The molecule has 0 amide bonds. The monoisotopic (exact) mass is 259 g/mol. The summed E-state index contributed by atoms with van der Waals surface area (Å²) in [6.45, 7) is 12.6. The van der Waals surface area contributed by atoms with E-state index in [0.717, 1.165) is 0 Å². The van der Waals surface area contributed by atoms with Crippen LogP contribution >= 0.6 is 0 Å². The summed E-state index contributed by atoms with van der Waals surface area (Å²) < 4.78 is 0. The SMILES string of the molecule is Cc1cc(C(C)(C)C)cc(C)c1CC1CCCCN1. The molecule has 2 rings (SSSR count). The van der Waals surface area contributed by atoms with E-state index in [2.05, 4.69) is 52.1 Å². The predicted molar refractivity (Wildman–Crippen MR) is 84.0 cm³/mol. The first-order valence-electron chi connectivity index (χ1n) is 7.72. The van der Waals surface area contributed by atoms with E-state index in [-0.39, 0.29) is 5.41 Å². The van der Waals surface area contributed by atoms with Gasteiger partial charge in [0.1, 0.15) is 0 Å². The first-order chi connectivity index (χ1) is 8.88. The molecule has 0 saturated carbocycles. The molecule has 0 bridgehead atoms. The highest BCUT2D eigenvalue weighted by Crippen LogP contribution is 2.28. The summed E-state index contributed by atoms with van der Waals surface area (Å²) in [5, 5.41) is 3.67. The Balaban J connectivity index is 2.21. The van der Waals surface area contributed by atoms with E-state index in [1.165, 1.54) is 48.9 Å². The summed E-state index contributed by atoms with van der Waals surface area (Å²) in [7, 11) is 0. The summed E-state index contributed by atoms with van der Waals surface area (Å²) in [6, 6.07) is 5.47. The second-order valence-electron chi connectivity index (χ2n) is 7.19. The molecule has 1 atom stereocenters. The number of piperidine rings is 1. The Morgan fingerprint density at radius 2 is 1.74 bits per heavy atom. The summed E-state index contributed by atoms with van der Waals surface area (Å²) >= 11 is 0. The van der Waals surface area contributed by atoms with Crippen LogP contribution in [-0.4, -0.2) is 12.6 Å². The molecular weight excluding hydrogens is 230 g/mol. The molecule has 106 valence electrons. The van der Waals surface area contributed by atoms with Crippen molar-refractivity contribution in [1.82, 2.24) is 5.32 Å². The summed E-state index contributed by atoms with van der Waals surface area (Å²) in [5.74, 6) is 0. The standard InChI is InChI=1S/C18H29N/c1-13-10-15(18(3,4)5)11-14(2)17(13)12-16-8-6-7-9-19-16/h10-11,16,19H,6-9,12H2,1-5H3. The van der Waals surface area contributed by atoms with Crippen LogP contribution in [0.3, 0.4) is 0 Å². The lowest BCUT2D eigenvalue weighted by Crippen LogP contribution is -2.36. The van der Waals surface area contributed by atoms with E-state index in [9.17, 15) is 0 Å². The van der Waals surface area contributed by atoms with Crippen LogP contribution in [-0.2, 0) is 11.8 Å². The first kappa shape index (κ1) is 14.6. The Morgan fingerprint density at radius 3 is 2.21 bits per heavy atom. The van der Waals surface area contributed by atoms with Gasteiger partial charge < -0.3 is 5.32 Å². The highest BCUT2D eigenvalue weighted by atomic mass is 14.9. The second-order valence-corrected chi connectivity index (χ2v) is 7.19. The normalized spacial score (nSPS) is 20.6. The maximum atomic E-state index is 3.67. The molecule has 1 unspecified atom stereocenters. The van der Waals surface area contributed by atoms with Crippen LogP contribution in [0.1, 0.15) is 62.3 Å². The van der Waals surface area contributed by atoms with E-state index in [4.69, 9.17) is 0 Å². The van der Waals surface area contributed by atoms with Gasteiger partial charge in [0.05, 0.1) is 0 Å². The van der Waals surface area contributed by atoms with Crippen molar-refractivity contribution in [3.8, 4) is 0 Å². The smallest absolute Gasteiger partial charge is 0.0108 e. The fraction of sp³-hybridized carbons (Fsp3) is 0.667. The Labute approximate surface area is 118 Å². The molecule has 0 aliphatic carbocycles. The highest BCUT2D eigenvalue weighted by molar-refractivity contribution is 5.41. The fourth-order valence-corrected chi connectivity index (χ4v) is 3.09. The number of benzene rings is 1. The van der Waals surface area contributed by atoms with Crippen molar-refractivity contribution in [2.45, 2.75) is 71.8 Å². The molecule has 1 fully saturated rings. The minimum absolute atomic E-state index is 0.247. The maximum absolute atomic E-state index is 3.67. The Hall–Kier alpha value is -0.820. The lowest BCUT2D eigenvalue weighted by molar-refractivity contribution is 0.398. The molecular formula is C18H29N. The number of rotatable bonds is 2. The van der Waals surface area contributed by atoms with Gasteiger partial charge in [0.25, 0.3) is 0 Å². The molecule has 1 aliphatic rings. The zero-order chi connectivity index (χ0) is 14.0. The molecule has 1 aromatic carbocycles. The summed E-state index contributed by atoms with van der Waals surface area (Å²) in [4.78, 5) is 0. The van der Waals surface area contributed by atoms with Crippen molar-refractivity contribution in [1.29, 1.82) is 0 Å². The minimum atomic E-state index is 0.247. The van der Waals surface area contributed by atoms with Crippen molar-refractivity contribution in [2.75, 3.05) is 6.54 Å². The van der Waals surface area contributed by atoms with Gasteiger partial charge in [-0.05, 0) is 67.3 Å². The third-order valence-electron chi connectivity index (χ3n) is 4.42. The molecule has 1 heterocycles. The van der Waals surface area contributed by atoms with E-state index in [1.807, 2.05) is 0 Å². The Kier molecular flexibility index (Phi) is 4.35. The molecule has 19 heavy (non-hydrogen) atoms. The molecule has 0 spiro atoms. The van der Waals surface area contributed by atoms with Gasteiger partial charge in [0.2, 0.25) is 0 Å². The predicted octanol–water partition coefficient (Wildman–Crippen LogP) is 4.29. The van der Waals surface area contributed by atoms with Crippen molar-refractivity contribution in [3.05, 3.63) is 34.4 Å². The number of aryl methyl sites for hydroxylation is 2. The first-order valence-corrected chi connectivity index (χ1v) is 7.72. The maximum Gasteiger partial charge on any atom is 0.0108 e. The average molecular weight is 259 g/mol. The van der Waals surface area contributed by atoms with Gasteiger partial charge in [-0.1, -0.05) is 39.3 Å². The second kappa shape index (κ2) is 5.66. The number of hydrogen-bond acceptors (Lipinski definition) is 1. The van der Waals surface area contributed by atoms with Crippen LogP contribution < -0.4 is 5.32 Å². The van der Waals surface area contributed by atoms with Gasteiger partial charge in [-0.25, -0.2) is 0 Å². The number of nitrogens with one attached hydrogen (secondary N) is 1. The van der Waals surface area contributed by atoms with Crippen molar-refractivity contribution in [3.63, 3.8) is 0 Å². The lowest BCUT2D eigenvalue weighted by atomic mass is 9.82. The van der Waals surface area contributed by atoms with Crippen molar-refractivity contribution in [2.24, 2.45) is 0 Å². The molecule has 1 nitrogen and oxygen atoms in total. The largest absolute Gasteiger partial charge is 0.314 e. The molecule has 0 aromatic heterocycles. The van der Waals surface area contributed by atoms with E-state index < -0.39 is 0 Å². The van der Waals surface area contributed by atoms with Crippen LogP contribution in [0.25, 0.3) is 0 Å². The third kappa shape index (κ3) is 3.60. The Morgan fingerprint density at radius 1 is 1.11 bits per heavy atom. The Bertz CT molecular complexity index is 410. The van der Waals surface area contributed by atoms with E-state index >= 15 is 0 Å². The van der Waals surface area contributed by atoms with Gasteiger partial charge in [0.15, 0.2) is 0 Å². The van der Waals surface area contributed by atoms with Crippen LogP contribution in [0.4, 0.5) is 0 Å². The molecule has 1 N–H and O–H groups in total. The van der Waals surface area contributed by atoms with Gasteiger partial charge in [-0.3, -0.25) is 0 Å². The van der Waals surface area contributed by atoms with Gasteiger partial charge in [-0.15, -0.1) is 0 Å². The van der Waals surface area contributed by atoms with Crippen molar-refractivity contribution >= 4 is 0 Å². The summed E-state index contributed by atoms with van der Waals surface area (Å²) in [6.07, 6.45) is 5.26. The average Bonchev–Trinajstić information content (AvgIpc) is 2.33. The molecule has 1 saturated heterocycles. The fourth-order valence-electron chi connectivity index (χ4n) is 3.09. The summed E-state index contributed by atoms with van der Waals surface area (Å²) in [5.41, 5.74) is 6.21. The topological polar surface area (TPSA) is 12.0 Å².